The Morgan fingerprint density at radius 3 is 2.92 bits per heavy atom. The largest absolute Gasteiger partial charge is 0.454 e. The molecule has 3 rings (SSSR count). The molecule has 0 saturated carbocycles. The predicted octanol–water partition coefficient (Wildman–Crippen LogP) is 3.25. The Kier molecular flexibility index (Phi) is 5.05. The second kappa shape index (κ2) is 7.58. The van der Waals surface area contributed by atoms with Crippen molar-refractivity contribution in [2.24, 2.45) is 0 Å². The Morgan fingerprint density at radius 1 is 1.25 bits per heavy atom. The first kappa shape index (κ1) is 16.0. The van der Waals surface area contributed by atoms with E-state index in [2.05, 4.69) is 17.2 Å². The average molecular weight is 340 g/mol. The Morgan fingerprint density at radius 2 is 2.08 bits per heavy atom. The van der Waals surface area contributed by atoms with Crippen LogP contribution < -0.4 is 14.8 Å². The first-order chi connectivity index (χ1) is 11.7. The molecule has 0 fully saturated rings. The number of amides is 1. The molecular formula is C19H14ClNO3. The van der Waals surface area contributed by atoms with Crippen LogP contribution in [0.5, 0.6) is 11.5 Å². The predicted molar refractivity (Wildman–Crippen MR) is 92.9 cm³/mol. The minimum atomic E-state index is -0.230. The van der Waals surface area contributed by atoms with Crippen LogP contribution in [-0.4, -0.2) is 19.2 Å². The van der Waals surface area contributed by atoms with Gasteiger partial charge in [-0.3, -0.25) is 4.79 Å². The fraction of sp³-hybridized carbons (Fsp3) is 0.105. The van der Waals surface area contributed by atoms with Crippen LogP contribution in [0.4, 0.5) is 0 Å². The highest BCUT2D eigenvalue weighted by molar-refractivity contribution is 6.32. The summed E-state index contributed by atoms with van der Waals surface area (Å²) in [5.41, 5.74) is 1.67. The van der Waals surface area contributed by atoms with Gasteiger partial charge in [0, 0.05) is 11.6 Å². The molecule has 0 aromatic heterocycles. The molecule has 0 bridgehead atoms. The lowest BCUT2D eigenvalue weighted by atomic mass is 10.2. The van der Waals surface area contributed by atoms with Crippen molar-refractivity contribution >= 4 is 23.6 Å². The van der Waals surface area contributed by atoms with Gasteiger partial charge in [-0.25, -0.2) is 0 Å². The van der Waals surface area contributed by atoms with Gasteiger partial charge in [0.2, 0.25) is 12.7 Å². The average Bonchev–Trinajstić information content (AvgIpc) is 3.07. The lowest BCUT2D eigenvalue weighted by Crippen LogP contribution is -2.20. The lowest BCUT2D eigenvalue weighted by Gasteiger charge is -2.01. The van der Waals surface area contributed by atoms with Crippen molar-refractivity contribution in [2.75, 3.05) is 13.3 Å². The van der Waals surface area contributed by atoms with E-state index in [1.165, 1.54) is 6.08 Å². The van der Waals surface area contributed by atoms with E-state index in [9.17, 15) is 4.79 Å². The van der Waals surface area contributed by atoms with Crippen LogP contribution in [0.3, 0.4) is 0 Å². The maximum absolute atomic E-state index is 11.8. The number of carbonyl (C=O) groups excluding carboxylic acids is 1. The maximum Gasteiger partial charge on any atom is 0.244 e. The SMILES string of the molecule is O=C(/C=C/c1cc(Cl)c2c(c1)OCO2)NCC#Cc1ccccc1. The zero-order chi connectivity index (χ0) is 16.8. The highest BCUT2D eigenvalue weighted by atomic mass is 35.5. The number of carbonyl (C=O) groups is 1. The summed E-state index contributed by atoms with van der Waals surface area (Å²) in [5.74, 6) is 6.76. The number of hydrogen-bond acceptors (Lipinski definition) is 3. The molecule has 120 valence electrons. The van der Waals surface area contributed by atoms with Crippen molar-refractivity contribution in [3.63, 3.8) is 0 Å². The lowest BCUT2D eigenvalue weighted by molar-refractivity contribution is -0.116. The van der Waals surface area contributed by atoms with Gasteiger partial charge in [0.15, 0.2) is 11.5 Å². The summed E-state index contributed by atoms with van der Waals surface area (Å²) in [6.07, 6.45) is 3.09. The molecule has 1 amide bonds. The third-order valence-corrected chi connectivity index (χ3v) is 3.51. The molecule has 5 heteroatoms. The number of ether oxygens (including phenoxy) is 2. The topological polar surface area (TPSA) is 47.6 Å². The van der Waals surface area contributed by atoms with Gasteiger partial charge >= 0.3 is 0 Å². The van der Waals surface area contributed by atoms with Crippen LogP contribution in [-0.2, 0) is 4.79 Å². The third-order valence-electron chi connectivity index (χ3n) is 3.23. The first-order valence-electron chi connectivity index (χ1n) is 7.31. The quantitative estimate of drug-likeness (QED) is 0.689. The number of halogens is 1. The van der Waals surface area contributed by atoms with E-state index in [1.54, 1.807) is 18.2 Å². The fourth-order valence-corrected chi connectivity index (χ4v) is 2.39. The second-order valence-electron chi connectivity index (χ2n) is 4.96. The molecule has 2 aromatic carbocycles. The van der Waals surface area contributed by atoms with Crippen LogP contribution >= 0.6 is 11.6 Å². The molecular weight excluding hydrogens is 326 g/mol. The minimum absolute atomic E-state index is 0.156. The summed E-state index contributed by atoms with van der Waals surface area (Å²) in [6, 6.07) is 13.1. The molecule has 1 aliphatic rings. The molecule has 24 heavy (non-hydrogen) atoms. The first-order valence-corrected chi connectivity index (χ1v) is 7.69. The van der Waals surface area contributed by atoms with Gasteiger partial charge in [0.05, 0.1) is 11.6 Å². The van der Waals surface area contributed by atoms with Gasteiger partial charge in [-0.05, 0) is 35.9 Å². The molecule has 1 N–H and O–H groups in total. The van der Waals surface area contributed by atoms with Gasteiger partial charge < -0.3 is 14.8 Å². The standard InChI is InChI=1S/C19H14ClNO3/c20-16-11-15(12-17-19(16)24-13-23-17)8-9-18(22)21-10-4-7-14-5-2-1-3-6-14/h1-3,5-6,8-9,11-12H,10,13H2,(H,21,22)/b9-8+. The van der Waals surface area contributed by atoms with E-state index in [0.29, 0.717) is 16.5 Å². The molecule has 2 aromatic rings. The van der Waals surface area contributed by atoms with Crippen LogP contribution in [0, 0.1) is 11.8 Å². The Bertz CT molecular complexity index is 835. The van der Waals surface area contributed by atoms with E-state index >= 15 is 0 Å². The number of benzene rings is 2. The van der Waals surface area contributed by atoms with Gasteiger partial charge in [0.1, 0.15) is 0 Å². The number of rotatable bonds is 3. The number of fused-ring (bicyclic) bond motifs is 1. The fourth-order valence-electron chi connectivity index (χ4n) is 2.11. The molecule has 0 radical (unpaired) electrons. The van der Waals surface area contributed by atoms with Gasteiger partial charge in [-0.1, -0.05) is 41.6 Å². The van der Waals surface area contributed by atoms with Crippen molar-refractivity contribution in [1.29, 1.82) is 0 Å². The summed E-state index contributed by atoms with van der Waals surface area (Å²) in [4.78, 5) is 11.8. The van der Waals surface area contributed by atoms with Gasteiger partial charge in [-0.15, -0.1) is 0 Å². The summed E-state index contributed by atoms with van der Waals surface area (Å²) in [5, 5.41) is 3.16. The van der Waals surface area contributed by atoms with Gasteiger partial charge in [-0.2, -0.15) is 0 Å². The second-order valence-corrected chi connectivity index (χ2v) is 5.36. The van der Waals surface area contributed by atoms with Crippen molar-refractivity contribution in [1.82, 2.24) is 5.32 Å². The Balaban J connectivity index is 1.55. The summed E-state index contributed by atoms with van der Waals surface area (Å²) in [6.45, 7) is 0.433. The van der Waals surface area contributed by atoms with Gasteiger partial charge in [0.25, 0.3) is 0 Å². The van der Waals surface area contributed by atoms with Crippen molar-refractivity contribution in [3.8, 4) is 23.3 Å². The molecule has 0 saturated heterocycles. The molecule has 1 aliphatic heterocycles. The van der Waals surface area contributed by atoms with Crippen LogP contribution in [0.25, 0.3) is 6.08 Å². The zero-order valence-electron chi connectivity index (χ0n) is 12.7. The highest BCUT2D eigenvalue weighted by Gasteiger charge is 2.17. The van der Waals surface area contributed by atoms with Crippen LogP contribution in [0.15, 0.2) is 48.5 Å². The maximum atomic E-state index is 11.8. The molecule has 0 aliphatic carbocycles. The molecule has 0 atom stereocenters. The summed E-state index contributed by atoms with van der Waals surface area (Å²) >= 11 is 6.09. The third kappa shape index (κ3) is 4.09. The molecule has 0 spiro atoms. The van der Waals surface area contributed by atoms with Crippen LogP contribution in [0.1, 0.15) is 11.1 Å². The summed E-state index contributed by atoms with van der Waals surface area (Å²) in [7, 11) is 0. The van der Waals surface area contributed by atoms with E-state index in [0.717, 1.165) is 11.1 Å². The van der Waals surface area contributed by atoms with E-state index in [4.69, 9.17) is 21.1 Å². The Labute approximate surface area is 145 Å². The normalized spacial score (nSPS) is 11.9. The Hall–Kier alpha value is -2.90. The monoisotopic (exact) mass is 339 g/mol. The van der Waals surface area contributed by atoms with E-state index < -0.39 is 0 Å². The minimum Gasteiger partial charge on any atom is -0.454 e. The smallest absolute Gasteiger partial charge is 0.244 e. The molecule has 1 heterocycles. The summed E-state index contributed by atoms with van der Waals surface area (Å²) < 4.78 is 10.5. The van der Waals surface area contributed by atoms with E-state index in [-0.39, 0.29) is 19.2 Å². The molecule has 4 nitrogen and oxygen atoms in total. The van der Waals surface area contributed by atoms with Crippen molar-refractivity contribution in [2.45, 2.75) is 0 Å². The van der Waals surface area contributed by atoms with Crippen LogP contribution in [0.2, 0.25) is 5.02 Å². The highest BCUT2D eigenvalue weighted by Crippen LogP contribution is 2.39. The zero-order valence-corrected chi connectivity index (χ0v) is 13.5. The van der Waals surface area contributed by atoms with Crippen molar-refractivity contribution in [3.05, 3.63) is 64.7 Å². The van der Waals surface area contributed by atoms with Crippen molar-refractivity contribution < 1.29 is 14.3 Å². The molecule has 0 unspecified atom stereocenters. The number of nitrogens with one attached hydrogen (secondary N) is 1. The van der Waals surface area contributed by atoms with E-state index in [1.807, 2.05) is 30.3 Å². The number of hydrogen-bond donors (Lipinski definition) is 1.